The average molecular weight is 184 g/mol. The Morgan fingerprint density at radius 3 is 2.54 bits per heavy atom. The second kappa shape index (κ2) is 3.58. The van der Waals surface area contributed by atoms with Gasteiger partial charge in [-0.2, -0.15) is 0 Å². The first-order valence-electron chi connectivity index (χ1n) is 5.56. The van der Waals surface area contributed by atoms with Crippen molar-refractivity contribution in [1.82, 2.24) is 0 Å². The number of aliphatic hydroxyl groups is 1. The third-order valence-corrected chi connectivity index (χ3v) is 3.47. The van der Waals surface area contributed by atoms with Crippen molar-refractivity contribution < 1.29 is 9.84 Å². The van der Waals surface area contributed by atoms with Crippen molar-refractivity contribution in [1.29, 1.82) is 0 Å². The van der Waals surface area contributed by atoms with Crippen molar-refractivity contribution in [2.45, 2.75) is 69.7 Å². The minimum atomic E-state index is -0.112. The second-order valence-electron chi connectivity index (χ2n) is 4.75. The Balaban J connectivity index is 2.00. The maximum atomic E-state index is 9.63. The molecule has 0 unspecified atom stereocenters. The topological polar surface area (TPSA) is 29.5 Å². The van der Waals surface area contributed by atoms with Crippen LogP contribution >= 0.6 is 0 Å². The molecule has 0 amide bonds. The van der Waals surface area contributed by atoms with Gasteiger partial charge in [0.25, 0.3) is 0 Å². The van der Waals surface area contributed by atoms with Gasteiger partial charge in [0.05, 0.1) is 17.8 Å². The third kappa shape index (κ3) is 2.05. The van der Waals surface area contributed by atoms with E-state index in [-0.39, 0.29) is 11.7 Å². The van der Waals surface area contributed by atoms with Crippen molar-refractivity contribution in [2.24, 2.45) is 0 Å². The van der Waals surface area contributed by atoms with Gasteiger partial charge in [0, 0.05) is 6.42 Å². The number of hydrogen-bond acceptors (Lipinski definition) is 2. The maximum Gasteiger partial charge on any atom is 0.0710 e. The van der Waals surface area contributed by atoms with Crippen LogP contribution in [0.4, 0.5) is 0 Å². The molecule has 3 atom stereocenters. The molecule has 1 aliphatic carbocycles. The SMILES string of the molecule is C[C@H]1CCC[C@@]2(CCC[C@@H](O)C2)O1. The molecule has 1 heterocycles. The van der Waals surface area contributed by atoms with E-state index in [1.165, 1.54) is 12.8 Å². The first-order chi connectivity index (χ1) is 6.20. The summed E-state index contributed by atoms with van der Waals surface area (Å²) < 4.78 is 6.03. The van der Waals surface area contributed by atoms with E-state index in [4.69, 9.17) is 4.74 Å². The molecule has 0 bridgehead atoms. The minimum Gasteiger partial charge on any atom is -0.393 e. The highest BCUT2D eigenvalue weighted by molar-refractivity contribution is 4.91. The Morgan fingerprint density at radius 1 is 1.23 bits per heavy atom. The van der Waals surface area contributed by atoms with Gasteiger partial charge in [-0.25, -0.2) is 0 Å². The van der Waals surface area contributed by atoms with Gasteiger partial charge in [0.2, 0.25) is 0 Å². The monoisotopic (exact) mass is 184 g/mol. The summed E-state index contributed by atoms with van der Waals surface area (Å²) in [4.78, 5) is 0. The van der Waals surface area contributed by atoms with Crippen LogP contribution in [0.1, 0.15) is 51.9 Å². The maximum absolute atomic E-state index is 9.63. The lowest BCUT2D eigenvalue weighted by atomic mass is 9.78. The molecule has 1 saturated heterocycles. The first kappa shape index (κ1) is 9.47. The lowest BCUT2D eigenvalue weighted by Crippen LogP contribution is -2.44. The number of ether oxygens (including phenoxy) is 1. The Labute approximate surface area is 80.3 Å². The molecule has 2 aliphatic rings. The fourth-order valence-corrected chi connectivity index (χ4v) is 2.88. The normalized spacial score (nSPS) is 46.6. The fourth-order valence-electron chi connectivity index (χ4n) is 2.88. The molecule has 0 aromatic carbocycles. The minimum absolute atomic E-state index is 0.0509. The fraction of sp³-hybridized carbons (Fsp3) is 1.00. The summed E-state index contributed by atoms with van der Waals surface area (Å²) in [6.45, 7) is 2.15. The van der Waals surface area contributed by atoms with Gasteiger partial charge in [-0.1, -0.05) is 0 Å². The van der Waals surface area contributed by atoms with E-state index in [1.807, 2.05) is 0 Å². The summed E-state index contributed by atoms with van der Waals surface area (Å²) in [5, 5.41) is 9.63. The first-order valence-corrected chi connectivity index (χ1v) is 5.56. The Hall–Kier alpha value is -0.0800. The zero-order valence-corrected chi connectivity index (χ0v) is 8.46. The van der Waals surface area contributed by atoms with Crippen molar-refractivity contribution in [3.05, 3.63) is 0 Å². The van der Waals surface area contributed by atoms with E-state index in [1.54, 1.807) is 0 Å². The Bertz CT molecular complexity index is 159. The standard InChI is InChI=1S/C11H20O2/c1-9-4-2-6-11(13-9)7-3-5-10(12)8-11/h9-10,12H,2-8H2,1H3/t9-,10+,11-/m0/s1. The molecule has 1 N–H and O–H groups in total. The number of aliphatic hydroxyl groups excluding tert-OH is 1. The van der Waals surface area contributed by atoms with E-state index in [9.17, 15) is 5.11 Å². The molecule has 0 radical (unpaired) electrons. The highest BCUT2D eigenvalue weighted by Gasteiger charge is 2.39. The molecule has 1 aliphatic heterocycles. The molecule has 1 spiro atoms. The molecule has 0 aromatic rings. The Morgan fingerprint density at radius 2 is 1.92 bits per heavy atom. The van der Waals surface area contributed by atoms with Crippen molar-refractivity contribution in [2.75, 3.05) is 0 Å². The summed E-state index contributed by atoms with van der Waals surface area (Å²) in [7, 11) is 0. The zero-order chi connectivity index (χ0) is 9.31. The van der Waals surface area contributed by atoms with E-state index in [0.717, 1.165) is 32.1 Å². The van der Waals surface area contributed by atoms with Gasteiger partial charge in [-0.15, -0.1) is 0 Å². The summed E-state index contributed by atoms with van der Waals surface area (Å²) in [6, 6.07) is 0. The lowest BCUT2D eigenvalue weighted by molar-refractivity contribution is -0.156. The van der Waals surface area contributed by atoms with Gasteiger partial charge >= 0.3 is 0 Å². The average Bonchev–Trinajstić information content (AvgIpc) is 2.02. The predicted molar refractivity (Wildman–Crippen MR) is 51.6 cm³/mol. The predicted octanol–water partition coefficient (Wildman–Crippen LogP) is 2.25. The van der Waals surface area contributed by atoms with Crippen LogP contribution in [0.2, 0.25) is 0 Å². The van der Waals surface area contributed by atoms with Crippen molar-refractivity contribution in [3.63, 3.8) is 0 Å². The third-order valence-electron chi connectivity index (χ3n) is 3.47. The van der Waals surface area contributed by atoms with Gasteiger partial charge < -0.3 is 9.84 Å². The van der Waals surface area contributed by atoms with Crippen LogP contribution in [0, 0.1) is 0 Å². The molecular formula is C11H20O2. The van der Waals surface area contributed by atoms with Gasteiger partial charge in [0.1, 0.15) is 0 Å². The quantitative estimate of drug-likeness (QED) is 0.625. The van der Waals surface area contributed by atoms with Crippen LogP contribution in [-0.4, -0.2) is 22.9 Å². The summed E-state index contributed by atoms with van der Waals surface area (Å²) in [5.74, 6) is 0. The highest BCUT2D eigenvalue weighted by Crippen LogP contribution is 2.40. The van der Waals surface area contributed by atoms with Crippen LogP contribution in [0.25, 0.3) is 0 Å². The van der Waals surface area contributed by atoms with Crippen LogP contribution in [0.3, 0.4) is 0 Å². The molecule has 2 nitrogen and oxygen atoms in total. The van der Waals surface area contributed by atoms with Crippen LogP contribution < -0.4 is 0 Å². The van der Waals surface area contributed by atoms with Gasteiger partial charge in [0.15, 0.2) is 0 Å². The molecule has 76 valence electrons. The molecule has 2 heteroatoms. The number of hydrogen-bond donors (Lipinski definition) is 1. The molecule has 13 heavy (non-hydrogen) atoms. The van der Waals surface area contributed by atoms with Crippen LogP contribution in [-0.2, 0) is 4.74 Å². The van der Waals surface area contributed by atoms with E-state index >= 15 is 0 Å². The summed E-state index contributed by atoms with van der Waals surface area (Å²) in [6.07, 6.45) is 8.05. The van der Waals surface area contributed by atoms with Gasteiger partial charge in [-0.3, -0.25) is 0 Å². The molecule has 2 rings (SSSR count). The van der Waals surface area contributed by atoms with Crippen LogP contribution in [0.15, 0.2) is 0 Å². The summed E-state index contributed by atoms with van der Waals surface area (Å²) >= 11 is 0. The molecular weight excluding hydrogens is 164 g/mol. The van der Waals surface area contributed by atoms with Gasteiger partial charge in [-0.05, 0) is 45.4 Å². The van der Waals surface area contributed by atoms with E-state index in [2.05, 4.69) is 6.92 Å². The summed E-state index contributed by atoms with van der Waals surface area (Å²) in [5.41, 5.74) is 0.0509. The molecule has 0 aromatic heterocycles. The van der Waals surface area contributed by atoms with Crippen LogP contribution in [0.5, 0.6) is 0 Å². The molecule has 2 fully saturated rings. The van der Waals surface area contributed by atoms with Crippen molar-refractivity contribution in [3.8, 4) is 0 Å². The van der Waals surface area contributed by atoms with Crippen molar-refractivity contribution >= 4 is 0 Å². The molecule has 1 saturated carbocycles. The lowest BCUT2D eigenvalue weighted by Gasteiger charge is -2.44. The Kier molecular flexibility index (Phi) is 2.61. The second-order valence-corrected chi connectivity index (χ2v) is 4.75. The smallest absolute Gasteiger partial charge is 0.0710 e. The van der Waals surface area contributed by atoms with E-state index < -0.39 is 0 Å². The number of rotatable bonds is 0. The largest absolute Gasteiger partial charge is 0.393 e. The zero-order valence-electron chi connectivity index (χ0n) is 8.46. The van der Waals surface area contributed by atoms with E-state index in [0.29, 0.717) is 6.10 Å². The highest BCUT2D eigenvalue weighted by atomic mass is 16.5.